The zero-order valence-corrected chi connectivity index (χ0v) is 15.1. The Kier molecular flexibility index (Phi) is 5.75. The second kappa shape index (κ2) is 8.20. The van der Waals surface area contributed by atoms with Gasteiger partial charge in [-0.2, -0.15) is 0 Å². The zero-order valence-electron chi connectivity index (χ0n) is 15.1. The van der Waals surface area contributed by atoms with Crippen LogP contribution in [-0.4, -0.2) is 61.9 Å². The summed E-state index contributed by atoms with van der Waals surface area (Å²) in [4.78, 5) is 27.7. The zero-order chi connectivity index (χ0) is 18.5. The summed E-state index contributed by atoms with van der Waals surface area (Å²) in [6, 6.07) is 7.09. The van der Waals surface area contributed by atoms with Crippen molar-refractivity contribution in [1.82, 2.24) is 20.4 Å². The average Bonchev–Trinajstić information content (AvgIpc) is 3.32. The third kappa shape index (κ3) is 4.33. The van der Waals surface area contributed by atoms with Crippen LogP contribution in [0.25, 0.3) is 0 Å². The normalized spacial score (nSPS) is 15.8. The van der Waals surface area contributed by atoms with E-state index in [-0.39, 0.29) is 11.8 Å². The highest BCUT2D eigenvalue weighted by molar-refractivity contribution is 5.91. The van der Waals surface area contributed by atoms with E-state index >= 15 is 0 Å². The van der Waals surface area contributed by atoms with Gasteiger partial charge in [-0.3, -0.25) is 19.4 Å². The van der Waals surface area contributed by atoms with Gasteiger partial charge >= 0.3 is 0 Å². The number of nitrogens with one attached hydrogen (secondary N) is 2. The summed E-state index contributed by atoms with van der Waals surface area (Å²) in [5.74, 6) is 1.83. The van der Waals surface area contributed by atoms with Crippen LogP contribution in [0.5, 0.6) is 0 Å². The highest BCUT2D eigenvalue weighted by Crippen LogP contribution is 2.15. The summed E-state index contributed by atoms with van der Waals surface area (Å²) < 4.78 is 11.2. The van der Waals surface area contributed by atoms with Gasteiger partial charge in [-0.15, -0.1) is 0 Å². The first-order valence-corrected chi connectivity index (χ1v) is 8.65. The van der Waals surface area contributed by atoms with E-state index in [1.807, 2.05) is 12.1 Å². The topological polar surface area (TPSA) is 91.0 Å². The summed E-state index contributed by atoms with van der Waals surface area (Å²) in [6.07, 6.45) is 0. The number of amides is 2. The minimum atomic E-state index is -0.212. The average molecular weight is 360 g/mol. The Labute approximate surface area is 152 Å². The highest BCUT2D eigenvalue weighted by atomic mass is 16.4. The van der Waals surface area contributed by atoms with Crippen molar-refractivity contribution >= 4 is 11.8 Å². The summed E-state index contributed by atoms with van der Waals surface area (Å²) >= 11 is 0. The molecule has 0 aromatic carbocycles. The highest BCUT2D eigenvalue weighted by Gasteiger charge is 2.20. The Balaban J connectivity index is 1.47. The lowest BCUT2D eigenvalue weighted by Crippen LogP contribution is -2.45. The quantitative estimate of drug-likeness (QED) is 0.796. The number of furan rings is 2. The van der Waals surface area contributed by atoms with Gasteiger partial charge < -0.3 is 19.5 Å². The van der Waals surface area contributed by atoms with Crippen molar-refractivity contribution < 1.29 is 18.4 Å². The molecule has 140 valence electrons. The van der Waals surface area contributed by atoms with E-state index in [4.69, 9.17) is 8.83 Å². The molecule has 2 aromatic rings. The number of carbonyl (C=O) groups is 2. The molecule has 3 rings (SSSR count). The number of hydrogen-bond donors (Lipinski definition) is 2. The smallest absolute Gasteiger partial charge is 0.286 e. The van der Waals surface area contributed by atoms with E-state index in [0.29, 0.717) is 24.6 Å². The minimum absolute atomic E-state index is 0.212. The molecular weight excluding hydrogens is 336 g/mol. The molecule has 1 aliphatic rings. The molecule has 2 aromatic heterocycles. The fraction of sp³-hybridized carbons (Fsp3) is 0.444. The maximum atomic E-state index is 11.5. The van der Waals surface area contributed by atoms with Crippen molar-refractivity contribution in [1.29, 1.82) is 0 Å². The molecule has 0 atom stereocenters. The third-order valence-corrected chi connectivity index (χ3v) is 4.45. The van der Waals surface area contributed by atoms with Crippen LogP contribution >= 0.6 is 0 Å². The Bertz CT molecular complexity index is 695. The molecule has 1 aliphatic heterocycles. The van der Waals surface area contributed by atoms with Crippen LogP contribution in [0.15, 0.2) is 33.1 Å². The van der Waals surface area contributed by atoms with Gasteiger partial charge in [0.25, 0.3) is 11.8 Å². The minimum Gasteiger partial charge on any atom is -0.455 e. The van der Waals surface area contributed by atoms with Crippen LogP contribution < -0.4 is 10.6 Å². The van der Waals surface area contributed by atoms with Crippen LogP contribution in [0.1, 0.15) is 32.6 Å². The molecule has 2 amide bonds. The first kappa shape index (κ1) is 18.2. The fourth-order valence-electron chi connectivity index (χ4n) is 2.96. The molecule has 26 heavy (non-hydrogen) atoms. The summed E-state index contributed by atoms with van der Waals surface area (Å²) in [6.45, 7) is 4.98. The van der Waals surface area contributed by atoms with Crippen molar-refractivity contribution in [2.75, 3.05) is 40.3 Å². The Morgan fingerprint density at radius 3 is 1.54 bits per heavy atom. The lowest BCUT2D eigenvalue weighted by molar-refractivity contribution is 0.0907. The fourth-order valence-corrected chi connectivity index (χ4v) is 2.96. The molecule has 8 heteroatoms. The van der Waals surface area contributed by atoms with Crippen molar-refractivity contribution in [3.8, 4) is 0 Å². The predicted octanol–water partition coefficient (Wildman–Crippen LogP) is 0.910. The van der Waals surface area contributed by atoms with Gasteiger partial charge in [0, 0.05) is 40.3 Å². The molecule has 0 saturated carbocycles. The molecule has 8 nitrogen and oxygen atoms in total. The lowest BCUT2D eigenvalue weighted by atomic mass is 10.3. The number of piperazine rings is 1. The second-order valence-corrected chi connectivity index (χ2v) is 6.24. The molecule has 0 unspecified atom stereocenters. The molecule has 0 bridgehead atoms. The standard InChI is InChI=1S/C18H24N4O4/c1-19-17(23)15-5-3-13(25-15)11-21-7-9-22(10-8-21)12-14-4-6-16(26-14)18(24)20-2/h3-6H,7-12H2,1-2H3,(H,19,23)(H,20,24). The van der Waals surface area contributed by atoms with Crippen LogP contribution in [0.4, 0.5) is 0 Å². The molecule has 0 aliphatic carbocycles. The SMILES string of the molecule is CNC(=O)c1ccc(CN2CCN(Cc3ccc(C(=O)NC)o3)CC2)o1. The van der Waals surface area contributed by atoms with Crippen molar-refractivity contribution in [2.24, 2.45) is 0 Å². The van der Waals surface area contributed by atoms with Crippen LogP contribution in [0.3, 0.4) is 0 Å². The number of nitrogens with zero attached hydrogens (tertiary/aromatic N) is 2. The maximum Gasteiger partial charge on any atom is 0.286 e. The van der Waals surface area contributed by atoms with Gasteiger partial charge in [-0.1, -0.05) is 0 Å². The van der Waals surface area contributed by atoms with E-state index in [0.717, 1.165) is 37.7 Å². The van der Waals surface area contributed by atoms with E-state index < -0.39 is 0 Å². The molecule has 2 N–H and O–H groups in total. The van der Waals surface area contributed by atoms with Gasteiger partial charge in [0.1, 0.15) is 11.5 Å². The monoisotopic (exact) mass is 360 g/mol. The van der Waals surface area contributed by atoms with E-state index in [1.165, 1.54) is 0 Å². The third-order valence-electron chi connectivity index (χ3n) is 4.45. The van der Waals surface area contributed by atoms with Crippen LogP contribution in [-0.2, 0) is 13.1 Å². The maximum absolute atomic E-state index is 11.5. The van der Waals surface area contributed by atoms with Crippen LogP contribution in [0.2, 0.25) is 0 Å². The Morgan fingerprint density at radius 1 is 0.808 bits per heavy atom. The van der Waals surface area contributed by atoms with Gasteiger partial charge in [0.15, 0.2) is 11.5 Å². The van der Waals surface area contributed by atoms with Gasteiger partial charge in [-0.05, 0) is 24.3 Å². The first-order chi connectivity index (χ1) is 12.6. The summed E-state index contributed by atoms with van der Waals surface area (Å²) in [5.41, 5.74) is 0. The van der Waals surface area contributed by atoms with Gasteiger partial charge in [0.05, 0.1) is 13.1 Å². The van der Waals surface area contributed by atoms with Crippen LogP contribution in [0, 0.1) is 0 Å². The van der Waals surface area contributed by atoms with E-state index in [9.17, 15) is 9.59 Å². The van der Waals surface area contributed by atoms with Gasteiger partial charge in [-0.25, -0.2) is 0 Å². The number of rotatable bonds is 6. The van der Waals surface area contributed by atoms with E-state index in [1.54, 1.807) is 26.2 Å². The molecular formula is C18H24N4O4. The number of carbonyl (C=O) groups excluding carboxylic acids is 2. The lowest BCUT2D eigenvalue weighted by Gasteiger charge is -2.33. The molecule has 1 fully saturated rings. The summed E-state index contributed by atoms with van der Waals surface area (Å²) in [5, 5.41) is 5.11. The van der Waals surface area contributed by atoms with Crippen molar-refractivity contribution in [3.05, 3.63) is 47.3 Å². The largest absolute Gasteiger partial charge is 0.455 e. The summed E-state index contributed by atoms with van der Waals surface area (Å²) in [7, 11) is 3.17. The molecule has 0 spiro atoms. The second-order valence-electron chi connectivity index (χ2n) is 6.24. The van der Waals surface area contributed by atoms with Crippen molar-refractivity contribution in [2.45, 2.75) is 13.1 Å². The molecule has 1 saturated heterocycles. The molecule has 0 radical (unpaired) electrons. The molecule has 3 heterocycles. The number of hydrogen-bond acceptors (Lipinski definition) is 6. The first-order valence-electron chi connectivity index (χ1n) is 8.65. The Morgan fingerprint density at radius 2 is 1.19 bits per heavy atom. The van der Waals surface area contributed by atoms with E-state index in [2.05, 4.69) is 20.4 Å². The van der Waals surface area contributed by atoms with Crippen molar-refractivity contribution in [3.63, 3.8) is 0 Å². The predicted molar refractivity (Wildman–Crippen MR) is 94.8 cm³/mol. The Hall–Kier alpha value is -2.58. The van der Waals surface area contributed by atoms with Gasteiger partial charge in [0.2, 0.25) is 0 Å².